The first-order valence-electron chi connectivity index (χ1n) is 7.93. The first kappa shape index (κ1) is 15.1. The number of rotatable bonds is 7. The maximum absolute atomic E-state index is 5.17. The van der Waals surface area contributed by atoms with E-state index in [-0.39, 0.29) is 0 Å². The molecular formula is C14H23N7O. The molecule has 1 aliphatic rings. The fourth-order valence-electron chi connectivity index (χ4n) is 2.80. The third-order valence-electron chi connectivity index (χ3n) is 3.92. The van der Waals surface area contributed by atoms with E-state index in [0.29, 0.717) is 6.04 Å². The molecule has 120 valence electrons. The highest BCUT2D eigenvalue weighted by atomic mass is 16.5. The van der Waals surface area contributed by atoms with Crippen LogP contribution >= 0.6 is 0 Å². The summed E-state index contributed by atoms with van der Waals surface area (Å²) in [7, 11) is 0. The molecule has 1 saturated heterocycles. The second kappa shape index (κ2) is 7.46. The molecule has 1 aliphatic heterocycles. The lowest BCUT2D eigenvalue weighted by atomic mass is 10.1. The Hall–Kier alpha value is -1.80. The molecule has 3 heterocycles. The van der Waals surface area contributed by atoms with E-state index in [1.54, 1.807) is 12.7 Å². The van der Waals surface area contributed by atoms with Gasteiger partial charge >= 0.3 is 0 Å². The molecule has 8 heteroatoms. The lowest BCUT2D eigenvalue weighted by Gasteiger charge is -2.32. The quantitative estimate of drug-likeness (QED) is 0.796. The van der Waals surface area contributed by atoms with Crippen LogP contribution in [0.15, 0.2) is 17.2 Å². The molecule has 0 aliphatic carbocycles. The van der Waals surface area contributed by atoms with Gasteiger partial charge in [-0.1, -0.05) is 12.1 Å². The van der Waals surface area contributed by atoms with E-state index in [1.807, 2.05) is 11.6 Å². The van der Waals surface area contributed by atoms with Gasteiger partial charge in [0.05, 0.1) is 13.1 Å². The summed E-state index contributed by atoms with van der Waals surface area (Å²) in [6.45, 7) is 6.66. The summed E-state index contributed by atoms with van der Waals surface area (Å²) >= 11 is 0. The van der Waals surface area contributed by atoms with E-state index >= 15 is 0 Å². The lowest BCUT2D eigenvalue weighted by Crippen LogP contribution is -2.46. The van der Waals surface area contributed by atoms with Crippen LogP contribution in [0.25, 0.3) is 0 Å². The minimum Gasteiger partial charge on any atom is -0.339 e. The van der Waals surface area contributed by atoms with Gasteiger partial charge in [-0.3, -0.25) is 9.58 Å². The van der Waals surface area contributed by atoms with E-state index in [2.05, 4.69) is 30.4 Å². The average molecular weight is 305 g/mol. The average Bonchev–Trinajstić information content (AvgIpc) is 3.19. The lowest BCUT2D eigenvalue weighted by molar-refractivity contribution is 0.177. The van der Waals surface area contributed by atoms with Crippen LogP contribution in [0, 0.1) is 0 Å². The number of hydrogen-bond donors (Lipinski definition) is 1. The summed E-state index contributed by atoms with van der Waals surface area (Å²) in [4.78, 5) is 10.7. The summed E-state index contributed by atoms with van der Waals surface area (Å²) in [6.07, 6.45) is 6.51. The zero-order valence-electron chi connectivity index (χ0n) is 13.0. The molecule has 8 nitrogen and oxygen atoms in total. The Kier molecular flexibility index (Phi) is 5.12. The predicted octanol–water partition coefficient (Wildman–Crippen LogP) is 0.478. The molecule has 22 heavy (non-hydrogen) atoms. The van der Waals surface area contributed by atoms with Gasteiger partial charge in [0.15, 0.2) is 5.82 Å². The van der Waals surface area contributed by atoms with Gasteiger partial charge in [-0.25, -0.2) is 4.98 Å². The molecule has 0 bridgehead atoms. The van der Waals surface area contributed by atoms with Crippen LogP contribution < -0.4 is 5.32 Å². The van der Waals surface area contributed by atoms with E-state index < -0.39 is 0 Å². The van der Waals surface area contributed by atoms with E-state index in [4.69, 9.17) is 4.52 Å². The van der Waals surface area contributed by atoms with Crippen molar-refractivity contribution in [1.82, 2.24) is 35.1 Å². The maximum atomic E-state index is 5.17. The Balaban J connectivity index is 1.42. The number of piperidine rings is 1. The van der Waals surface area contributed by atoms with Crippen molar-refractivity contribution >= 4 is 0 Å². The number of aryl methyl sites for hydroxylation is 1. The van der Waals surface area contributed by atoms with Crippen molar-refractivity contribution in [2.45, 2.75) is 45.3 Å². The zero-order chi connectivity index (χ0) is 15.2. The van der Waals surface area contributed by atoms with Gasteiger partial charge in [0.1, 0.15) is 12.7 Å². The summed E-state index contributed by atoms with van der Waals surface area (Å²) < 4.78 is 7.02. The first-order valence-corrected chi connectivity index (χ1v) is 7.93. The van der Waals surface area contributed by atoms with Gasteiger partial charge < -0.3 is 9.84 Å². The summed E-state index contributed by atoms with van der Waals surface area (Å²) in [6, 6.07) is 0.509. The molecule has 2 aromatic heterocycles. The standard InChI is InChI=1S/C14H23N7O/c1-2-14-18-13(19-22-14)9-20-6-3-4-12(8-20)16-5-7-21-11-15-10-17-21/h10-12,16H,2-9H2,1H3/t12-/m1/s1. The van der Waals surface area contributed by atoms with Crippen LogP contribution in [-0.4, -0.2) is 55.5 Å². The Morgan fingerprint density at radius 1 is 1.45 bits per heavy atom. The molecule has 2 aromatic rings. The largest absolute Gasteiger partial charge is 0.339 e. The Labute approximate surface area is 129 Å². The fraction of sp³-hybridized carbons (Fsp3) is 0.714. The summed E-state index contributed by atoms with van der Waals surface area (Å²) in [5.74, 6) is 1.51. The molecule has 0 radical (unpaired) electrons. The van der Waals surface area contributed by atoms with Crippen molar-refractivity contribution in [3.05, 3.63) is 24.4 Å². The van der Waals surface area contributed by atoms with Crippen LogP contribution in [0.5, 0.6) is 0 Å². The van der Waals surface area contributed by atoms with E-state index in [1.165, 1.54) is 12.8 Å². The van der Waals surface area contributed by atoms with Crippen LogP contribution in [0.1, 0.15) is 31.5 Å². The SMILES string of the molecule is CCc1nc(CN2CCC[C@@H](NCCn3cncn3)C2)no1. The highest BCUT2D eigenvalue weighted by molar-refractivity contribution is 4.88. The molecule has 0 saturated carbocycles. The van der Waals surface area contributed by atoms with Gasteiger partial charge in [-0.05, 0) is 19.4 Å². The number of likely N-dealkylation sites (tertiary alicyclic amines) is 1. The van der Waals surface area contributed by atoms with Crippen molar-refractivity contribution in [3.63, 3.8) is 0 Å². The Morgan fingerprint density at radius 2 is 2.41 bits per heavy atom. The minimum absolute atomic E-state index is 0.509. The monoisotopic (exact) mass is 305 g/mol. The van der Waals surface area contributed by atoms with Gasteiger partial charge in [0.25, 0.3) is 0 Å². The highest BCUT2D eigenvalue weighted by Crippen LogP contribution is 2.12. The Morgan fingerprint density at radius 3 is 3.18 bits per heavy atom. The summed E-state index contributed by atoms with van der Waals surface area (Å²) in [5.41, 5.74) is 0. The normalized spacial score (nSPS) is 19.6. The van der Waals surface area contributed by atoms with Gasteiger partial charge in [0.2, 0.25) is 5.89 Å². The first-order chi connectivity index (χ1) is 10.8. The number of aromatic nitrogens is 5. The van der Waals surface area contributed by atoms with Gasteiger partial charge in [0, 0.05) is 25.6 Å². The van der Waals surface area contributed by atoms with E-state index in [0.717, 1.165) is 50.9 Å². The molecule has 0 spiro atoms. The van der Waals surface area contributed by atoms with Crippen LogP contribution in [0.4, 0.5) is 0 Å². The van der Waals surface area contributed by atoms with Crippen molar-refractivity contribution in [2.24, 2.45) is 0 Å². The van der Waals surface area contributed by atoms with Crippen LogP contribution in [-0.2, 0) is 19.5 Å². The molecule has 0 aromatic carbocycles. The van der Waals surface area contributed by atoms with Gasteiger partial charge in [-0.2, -0.15) is 10.1 Å². The smallest absolute Gasteiger partial charge is 0.226 e. The molecular weight excluding hydrogens is 282 g/mol. The molecule has 0 amide bonds. The second-order valence-electron chi connectivity index (χ2n) is 5.64. The molecule has 0 unspecified atom stereocenters. The van der Waals surface area contributed by atoms with Crippen molar-refractivity contribution in [1.29, 1.82) is 0 Å². The molecule has 1 N–H and O–H groups in total. The van der Waals surface area contributed by atoms with Crippen LogP contribution in [0.3, 0.4) is 0 Å². The summed E-state index contributed by atoms with van der Waals surface area (Å²) in [5, 5.41) is 11.7. The third kappa shape index (κ3) is 4.11. The molecule has 3 rings (SSSR count). The van der Waals surface area contributed by atoms with Crippen molar-refractivity contribution in [3.8, 4) is 0 Å². The zero-order valence-corrected chi connectivity index (χ0v) is 13.0. The van der Waals surface area contributed by atoms with Crippen molar-refractivity contribution < 1.29 is 4.52 Å². The van der Waals surface area contributed by atoms with Crippen molar-refractivity contribution in [2.75, 3.05) is 19.6 Å². The highest BCUT2D eigenvalue weighted by Gasteiger charge is 2.20. The number of nitrogens with one attached hydrogen (secondary N) is 1. The van der Waals surface area contributed by atoms with Gasteiger partial charge in [-0.15, -0.1) is 0 Å². The number of nitrogens with zero attached hydrogens (tertiary/aromatic N) is 6. The second-order valence-corrected chi connectivity index (χ2v) is 5.64. The number of hydrogen-bond acceptors (Lipinski definition) is 7. The topological polar surface area (TPSA) is 84.9 Å². The molecule has 1 fully saturated rings. The third-order valence-corrected chi connectivity index (χ3v) is 3.92. The fourth-order valence-corrected chi connectivity index (χ4v) is 2.80. The predicted molar refractivity (Wildman–Crippen MR) is 80.0 cm³/mol. The Bertz CT molecular complexity index is 553. The molecule has 1 atom stereocenters. The maximum Gasteiger partial charge on any atom is 0.226 e. The van der Waals surface area contributed by atoms with E-state index in [9.17, 15) is 0 Å². The minimum atomic E-state index is 0.509. The van der Waals surface area contributed by atoms with Crippen LogP contribution in [0.2, 0.25) is 0 Å².